The molecule has 0 spiro atoms. The molecular formula is C13H19FN4S. The van der Waals surface area contributed by atoms with Crippen molar-refractivity contribution in [2.45, 2.75) is 19.4 Å². The maximum atomic E-state index is 13.7. The van der Waals surface area contributed by atoms with Gasteiger partial charge >= 0.3 is 0 Å². The van der Waals surface area contributed by atoms with Gasteiger partial charge in [0.15, 0.2) is 11.6 Å². The molecule has 4 nitrogen and oxygen atoms in total. The first-order chi connectivity index (χ1) is 8.93. The number of aromatic nitrogens is 1. The fourth-order valence-electron chi connectivity index (χ4n) is 2.24. The Labute approximate surface area is 118 Å². The number of nitrogens with two attached hydrogens (primary N) is 1. The minimum absolute atomic E-state index is 0.274. The molecule has 2 N–H and O–H groups in total. The van der Waals surface area contributed by atoms with Crippen LogP contribution in [0.1, 0.15) is 13.8 Å². The van der Waals surface area contributed by atoms with Crippen LogP contribution in [0.15, 0.2) is 18.3 Å². The SMILES string of the molecule is CC(C)(C(N)=S)N1CCN(c2ncccc2F)CC1. The van der Waals surface area contributed by atoms with Gasteiger partial charge in [0.05, 0.1) is 10.5 Å². The van der Waals surface area contributed by atoms with E-state index in [4.69, 9.17) is 18.0 Å². The van der Waals surface area contributed by atoms with Crippen molar-refractivity contribution < 1.29 is 4.39 Å². The van der Waals surface area contributed by atoms with Gasteiger partial charge in [-0.3, -0.25) is 4.90 Å². The Bertz CT molecular complexity index is 469. The fraction of sp³-hybridized carbons (Fsp3) is 0.538. The number of piperazine rings is 1. The molecule has 19 heavy (non-hydrogen) atoms. The van der Waals surface area contributed by atoms with Crippen molar-refractivity contribution in [1.82, 2.24) is 9.88 Å². The van der Waals surface area contributed by atoms with Gasteiger partial charge in [-0.2, -0.15) is 0 Å². The first-order valence-electron chi connectivity index (χ1n) is 6.33. The maximum absolute atomic E-state index is 13.7. The number of hydrogen-bond acceptors (Lipinski definition) is 4. The number of anilines is 1. The number of rotatable bonds is 3. The molecule has 0 amide bonds. The van der Waals surface area contributed by atoms with Crippen LogP contribution in [0.25, 0.3) is 0 Å². The van der Waals surface area contributed by atoms with Gasteiger partial charge in [-0.15, -0.1) is 0 Å². The molecule has 6 heteroatoms. The van der Waals surface area contributed by atoms with Gasteiger partial charge < -0.3 is 10.6 Å². The largest absolute Gasteiger partial charge is 0.392 e. The van der Waals surface area contributed by atoms with E-state index in [1.54, 1.807) is 12.3 Å². The number of halogens is 1. The Morgan fingerprint density at radius 1 is 1.37 bits per heavy atom. The van der Waals surface area contributed by atoms with Gasteiger partial charge in [-0.1, -0.05) is 12.2 Å². The molecule has 0 atom stereocenters. The van der Waals surface area contributed by atoms with E-state index in [0.717, 1.165) is 26.2 Å². The van der Waals surface area contributed by atoms with E-state index < -0.39 is 0 Å². The second-order valence-electron chi connectivity index (χ2n) is 5.21. The van der Waals surface area contributed by atoms with Crippen molar-refractivity contribution in [1.29, 1.82) is 0 Å². The van der Waals surface area contributed by atoms with Crippen LogP contribution in [0, 0.1) is 5.82 Å². The first-order valence-corrected chi connectivity index (χ1v) is 6.74. The molecule has 1 fully saturated rings. The second kappa shape index (κ2) is 5.38. The van der Waals surface area contributed by atoms with Crippen LogP contribution in [-0.2, 0) is 0 Å². The average Bonchev–Trinajstić information content (AvgIpc) is 2.39. The quantitative estimate of drug-likeness (QED) is 0.849. The van der Waals surface area contributed by atoms with E-state index in [9.17, 15) is 4.39 Å². The number of nitrogens with zero attached hydrogens (tertiary/aromatic N) is 3. The lowest BCUT2D eigenvalue weighted by Crippen LogP contribution is -2.59. The summed E-state index contributed by atoms with van der Waals surface area (Å²) in [5, 5.41) is 0. The zero-order valence-corrected chi connectivity index (χ0v) is 12.1. The minimum atomic E-state index is -0.302. The van der Waals surface area contributed by atoms with Crippen LogP contribution in [0.5, 0.6) is 0 Å². The molecule has 1 saturated heterocycles. The summed E-state index contributed by atoms with van der Waals surface area (Å²) in [6.07, 6.45) is 1.61. The van der Waals surface area contributed by atoms with Crippen molar-refractivity contribution in [3.8, 4) is 0 Å². The lowest BCUT2D eigenvalue weighted by Gasteiger charge is -2.43. The van der Waals surface area contributed by atoms with Crippen LogP contribution in [0.4, 0.5) is 10.2 Å². The third-order valence-electron chi connectivity index (χ3n) is 3.71. The topological polar surface area (TPSA) is 45.4 Å². The standard InChI is InChI=1S/C13H19FN4S/c1-13(2,12(15)19)18-8-6-17(7-9-18)11-10(14)4-3-5-16-11/h3-5H,6-9H2,1-2H3,(H2,15,19). The Morgan fingerprint density at radius 2 is 2.00 bits per heavy atom. The van der Waals surface area contributed by atoms with Crippen molar-refractivity contribution >= 4 is 23.0 Å². The molecule has 2 rings (SSSR count). The van der Waals surface area contributed by atoms with E-state index in [2.05, 4.69) is 9.88 Å². The van der Waals surface area contributed by atoms with E-state index in [0.29, 0.717) is 10.8 Å². The molecule has 0 aromatic carbocycles. The van der Waals surface area contributed by atoms with Crippen molar-refractivity contribution in [3.05, 3.63) is 24.1 Å². The Balaban J connectivity index is 2.04. The maximum Gasteiger partial charge on any atom is 0.165 e. The molecule has 104 valence electrons. The predicted octanol–water partition coefficient (Wildman–Crippen LogP) is 1.41. The summed E-state index contributed by atoms with van der Waals surface area (Å²) in [5.41, 5.74) is 5.47. The Morgan fingerprint density at radius 3 is 2.53 bits per heavy atom. The van der Waals surface area contributed by atoms with Crippen LogP contribution < -0.4 is 10.6 Å². The molecule has 0 bridgehead atoms. The smallest absolute Gasteiger partial charge is 0.165 e. The summed E-state index contributed by atoms with van der Waals surface area (Å²) in [7, 11) is 0. The summed E-state index contributed by atoms with van der Waals surface area (Å²) in [6.45, 7) is 7.07. The monoisotopic (exact) mass is 282 g/mol. The average molecular weight is 282 g/mol. The van der Waals surface area contributed by atoms with Gasteiger partial charge in [-0.05, 0) is 26.0 Å². The summed E-state index contributed by atoms with van der Waals surface area (Å²) in [5.74, 6) is 0.153. The highest BCUT2D eigenvalue weighted by Crippen LogP contribution is 2.21. The molecule has 1 aromatic rings. The molecule has 2 heterocycles. The Kier molecular flexibility index (Phi) is 4.01. The highest BCUT2D eigenvalue weighted by Gasteiger charge is 2.32. The van der Waals surface area contributed by atoms with Gasteiger partial charge in [0, 0.05) is 32.4 Å². The van der Waals surface area contributed by atoms with Crippen LogP contribution in [0.3, 0.4) is 0 Å². The van der Waals surface area contributed by atoms with Crippen molar-refractivity contribution in [2.75, 3.05) is 31.1 Å². The zero-order chi connectivity index (χ0) is 14.0. The molecule has 1 aliphatic rings. The van der Waals surface area contributed by atoms with Crippen LogP contribution >= 0.6 is 12.2 Å². The summed E-state index contributed by atoms with van der Waals surface area (Å²) < 4.78 is 13.7. The molecule has 0 saturated carbocycles. The number of hydrogen-bond donors (Lipinski definition) is 1. The van der Waals surface area contributed by atoms with Crippen LogP contribution in [0.2, 0.25) is 0 Å². The minimum Gasteiger partial charge on any atom is -0.392 e. The van der Waals surface area contributed by atoms with Gasteiger partial charge in [0.1, 0.15) is 0 Å². The normalized spacial score (nSPS) is 17.5. The van der Waals surface area contributed by atoms with E-state index >= 15 is 0 Å². The third kappa shape index (κ3) is 2.84. The van der Waals surface area contributed by atoms with Crippen molar-refractivity contribution in [2.24, 2.45) is 5.73 Å². The lowest BCUT2D eigenvalue weighted by molar-refractivity contribution is 0.167. The van der Waals surface area contributed by atoms with Gasteiger partial charge in [-0.25, -0.2) is 9.37 Å². The molecule has 0 radical (unpaired) electrons. The highest BCUT2D eigenvalue weighted by molar-refractivity contribution is 7.80. The molecule has 0 unspecified atom stereocenters. The fourth-order valence-corrected chi connectivity index (χ4v) is 2.37. The van der Waals surface area contributed by atoms with E-state index in [1.807, 2.05) is 18.7 Å². The molecular weight excluding hydrogens is 263 g/mol. The highest BCUT2D eigenvalue weighted by atomic mass is 32.1. The molecule has 0 aliphatic carbocycles. The number of pyridine rings is 1. The van der Waals surface area contributed by atoms with E-state index in [1.165, 1.54) is 6.07 Å². The van der Waals surface area contributed by atoms with Crippen LogP contribution in [-0.4, -0.2) is 46.6 Å². The second-order valence-corrected chi connectivity index (χ2v) is 5.65. The predicted molar refractivity (Wildman–Crippen MR) is 78.8 cm³/mol. The number of thiocarbonyl (C=S) groups is 1. The lowest BCUT2D eigenvalue weighted by atomic mass is 10.0. The van der Waals surface area contributed by atoms with Gasteiger partial charge in [0.25, 0.3) is 0 Å². The molecule has 1 aromatic heterocycles. The summed E-state index contributed by atoms with van der Waals surface area (Å²) >= 11 is 5.11. The zero-order valence-electron chi connectivity index (χ0n) is 11.3. The summed E-state index contributed by atoms with van der Waals surface area (Å²) in [6, 6.07) is 3.04. The molecule has 1 aliphatic heterocycles. The Hall–Kier alpha value is -1.27. The van der Waals surface area contributed by atoms with Crippen molar-refractivity contribution in [3.63, 3.8) is 0 Å². The third-order valence-corrected chi connectivity index (χ3v) is 4.21. The van der Waals surface area contributed by atoms with E-state index in [-0.39, 0.29) is 11.4 Å². The first kappa shape index (κ1) is 14.1. The van der Waals surface area contributed by atoms with Gasteiger partial charge in [0.2, 0.25) is 0 Å². The summed E-state index contributed by atoms with van der Waals surface area (Å²) in [4.78, 5) is 8.79.